The van der Waals surface area contributed by atoms with Gasteiger partial charge in [0.05, 0.1) is 5.41 Å². The Morgan fingerprint density at radius 3 is 2.52 bits per heavy atom. The van der Waals surface area contributed by atoms with Crippen molar-refractivity contribution < 1.29 is 4.79 Å². The largest absolute Gasteiger partial charge is 0.340 e. The van der Waals surface area contributed by atoms with E-state index in [1.807, 2.05) is 0 Å². The average Bonchev–Trinajstić information content (AvgIpc) is 2.60. The topological polar surface area (TPSA) is 32.3 Å². The van der Waals surface area contributed by atoms with Crippen LogP contribution in [0.2, 0.25) is 0 Å². The Morgan fingerprint density at radius 1 is 1.04 bits per heavy atom. The lowest BCUT2D eigenvalue weighted by atomic mass is 9.38. The Hall–Kier alpha value is -1.35. The van der Waals surface area contributed by atoms with Crippen LogP contribution in [0.4, 0.5) is 0 Å². The number of hydrogen-bond donors (Lipinski definition) is 1. The van der Waals surface area contributed by atoms with Crippen LogP contribution in [-0.4, -0.2) is 37.0 Å². The first-order valence-electron chi connectivity index (χ1n) is 10.1. The molecule has 4 saturated carbocycles. The summed E-state index contributed by atoms with van der Waals surface area (Å²) >= 11 is 0. The third kappa shape index (κ3) is 2.38. The van der Waals surface area contributed by atoms with Crippen LogP contribution in [0.5, 0.6) is 0 Å². The van der Waals surface area contributed by atoms with Gasteiger partial charge in [-0.1, -0.05) is 37.3 Å². The Bertz CT molecular complexity index is 683. The number of carbonyl (C=O) groups is 1. The lowest BCUT2D eigenvalue weighted by Gasteiger charge is -2.66. The SMILES string of the molecule is CC12CC3CC(C(=O)N4CCNCC4)(C1)CC(c1ccccc1)(C3)C2. The standard InChI is InChI=1S/C22H30N2O/c1-20-11-17-12-21(14-20,18-5-3-2-4-6-18)16-22(13-17,15-20)19(25)24-9-7-23-8-10-24/h2-6,17,23H,7-16H2,1H3. The van der Waals surface area contributed by atoms with Crippen molar-refractivity contribution >= 4 is 5.91 Å². The zero-order valence-electron chi connectivity index (χ0n) is 15.4. The summed E-state index contributed by atoms with van der Waals surface area (Å²) in [5.74, 6) is 1.21. The number of piperazine rings is 1. The predicted molar refractivity (Wildman–Crippen MR) is 99.3 cm³/mol. The molecule has 4 aliphatic carbocycles. The minimum Gasteiger partial charge on any atom is -0.340 e. The third-order valence-electron chi connectivity index (χ3n) is 7.59. The van der Waals surface area contributed by atoms with Crippen LogP contribution < -0.4 is 5.32 Å². The highest BCUT2D eigenvalue weighted by molar-refractivity contribution is 5.84. The number of nitrogens with zero attached hydrogens (tertiary/aromatic N) is 1. The molecule has 3 heteroatoms. The van der Waals surface area contributed by atoms with E-state index in [1.54, 1.807) is 0 Å². The second-order valence-electron chi connectivity index (χ2n) is 9.79. The predicted octanol–water partition coefficient (Wildman–Crippen LogP) is 3.35. The molecule has 3 nitrogen and oxygen atoms in total. The van der Waals surface area contributed by atoms with Crippen molar-refractivity contribution in [2.24, 2.45) is 16.7 Å². The quantitative estimate of drug-likeness (QED) is 0.897. The molecule has 6 rings (SSSR count). The average molecular weight is 338 g/mol. The molecule has 1 N–H and O–H groups in total. The molecule has 0 aromatic heterocycles. The molecule has 4 unspecified atom stereocenters. The lowest BCUT2D eigenvalue weighted by Crippen LogP contribution is -2.63. The summed E-state index contributed by atoms with van der Waals surface area (Å²) in [6.45, 7) is 6.15. The molecular weight excluding hydrogens is 308 g/mol. The summed E-state index contributed by atoms with van der Waals surface area (Å²) < 4.78 is 0. The van der Waals surface area contributed by atoms with E-state index in [9.17, 15) is 4.79 Å². The summed E-state index contributed by atoms with van der Waals surface area (Å²) in [4.78, 5) is 15.8. The normalized spacial score (nSPS) is 42.6. The van der Waals surface area contributed by atoms with Crippen molar-refractivity contribution in [1.29, 1.82) is 0 Å². The van der Waals surface area contributed by atoms with E-state index in [0.717, 1.165) is 51.4 Å². The van der Waals surface area contributed by atoms with Gasteiger partial charge in [0.15, 0.2) is 0 Å². The second kappa shape index (κ2) is 5.33. The first-order chi connectivity index (χ1) is 12.0. The number of benzene rings is 1. The number of carbonyl (C=O) groups excluding carboxylic acids is 1. The van der Waals surface area contributed by atoms with E-state index in [1.165, 1.54) is 24.8 Å². The van der Waals surface area contributed by atoms with E-state index >= 15 is 0 Å². The number of nitrogens with one attached hydrogen (secondary N) is 1. The summed E-state index contributed by atoms with van der Waals surface area (Å²) in [5, 5.41) is 3.39. The number of rotatable bonds is 2. The van der Waals surface area contributed by atoms with Crippen molar-refractivity contribution in [2.45, 2.75) is 50.9 Å². The van der Waals surface area contributed by atoms with Gasteiger partial charge in [0.1, 0.15) is 0 Å². The zero-order valence-corrected chi connectivity index (χ0v) is 15.4. The Labute approximate surface area is 151 Å². The molecule has 4 bridgehead atoms. The molecule has 25 heavy (non-hydrogen) atoms. The second-order valence-corrected chi connectivity index (χ2v) is 9.79. The van der Waals surface area contributed by atoms with Crippen molar-refractivity contribution in [1.82, 2.24) is 10.2 Å². The minimum atomic E-state index is -0.0959. The molecule has 0 spiro atoms. The highest BCUT2D eigenvalue weighted by atomic mass is 16.2. The number of amides is 1. The molecular formula is C22H30N2O. The van der Waals surface area contributed by atoms with E-state index in [-0.39, 0.29) is 10.8 Å². The summed E-state index contributed by atoms with van der Waals surface area (Å²) in [5.41, 5.74) is 1.97. The van der Waals surface area contributed by atoms with Crippen LogP contribution in [-0.2, 0) is 10.2 Å². The molecule has 1 saturated heterocycles. The smallest absolute Gasteiger partial charge is 0.228 e. The van der Waals surface area contributed by atoms with E-state index in [4.69, 9.17) is 0 Å². The fraction of sp³-hybridized carbons (Fsp3) is 0.682. The van der Waals surface area contributed by atoms with Gasteiger partial charge in [-0.2, -0.15) is 0 Å². The Kier molecular flexibility index (Phi) is 3.38. The van der Waals surface area contributed by atoms with Crippen molar-refractivity contribution in [2.75, 3.05) is 26.2 Å². The molecule has 1 aromatic carbocycles. The summed E-state index contributed by atoms with van der Waals surface area (Å²) in [7, 11) is 0. The van der Waals surface area contributed by atoms with Gasteiger partial charge in [-0.25, -0.2) is 0 Å². The van der Waals surface area contributed by atoms with Gasteiger partial charge in [0, 0.05) is 26.2 Å². The van der Waals surface area contributed by atoms with Gasteiger partial charge in [-0.3, -0.25) is 4.79 Å². The molecule has 4 atom stereocenters. The molecule has 134 valence electrons. The number of hydrogen-bond acceptors (Lipinski definition) is 2. The minimum absolute atomic E-state index is 0.0959. The van der Waals surface area contributed by atoms with E-state index in [2.05, 4.69) is 47.5 Å². The van der Waals surface area contributed by atoms with Crippen LogP contribution in [0.25, 0.3) is 0 Å². The molecule has 1 aliphatic heterocycles. The molecule has 0 radical (unpaired) electrons. The van der Waals surface area contributed by atoms with Gasteiger partial charge in [0.2, 0.25) is 5.91 Å². The fourth-order valence-corrected chi connectivity index (χ4v) is 7.48. The van der Waals surface area contributed by atoms with Crippen LogP contribution in [0.3, 0.4) is 0 Å². The van der Waals surface area contributed by atoms with Gasteiger partial charge < -0.3 is 10.2 Å². The van der Waals surface area contributed by atoms with Crippen molar-refractivity contribution in [3.8, 4) is 0 Å². The van der Waals surface area contributed by atoms with E-state index in [0.29, 0.717) is 11.3 Å². The highest BCUT2D eigenvalue weighted by Gasteiger charge is 2.65. The van der Waals surface area contributed by atoms with E-state index < -0.39 is 0 Å². The summed E-state index contributed by atoms with van der Waals surface area (Å²) in [6, 6.07) is 11.1. The highest BCUT2D eigenvalue weighted by Crippen LogP contribution is 2.70. The molecule has 1 aromatic rings. The summed E-state index contributed by atoms with van der Waals surface area (Å²) in [6.07, 6.45) is 7.24. The molecule has 5 aliphatic rings. The Balaban J connectivity index is 1.54. The maximum Gasteiger partial charge on any atom is 0.228 e. The third-order valence-corrected chi connectivity index (χ3v) is 7.59. The first kappa shape index (κ1) is 15.9. The van der Waals surface area contributed by atoms with Gasteiger partial charge in [-0.15, -0.1) is 0 Å². The van der Waals surface area contributed by atoms with Gasteiger partial charge in [0.25, 0.3) is 0 Å². The monoisotopic (exact) mass is 338 g/mol. The first-order valence-corrected chi connectivity index (χ1v) is 10.1. The maximum absolute atomic E-state index is 13.7. The van der Waals surface area contributed by atoms with Gasteiger partial charge >= 0.3 is 0 Å². The molecule has 1 amide bonds. The van der Waals surface area contributed by atoms with Gasteiger partial charge in [-0.05, 0) is 60.8 Å². The molecule has 1 heterocycles. The Morgan fingerprint density at radius 2 is 1.80 bits per heavy atom. The lowest BCUT2D eigenvalue weighted by molar-refractivity contribution is -0.171. The van der Waals surface area contributed by atoms with Crippen LogP contribution in [0.15, 0.2) is 30.3 Å². The maximum atomic E-state index is 13.7. The molecule has 5 fully saturated rings. The van der Waals surface area contributed by atoms with Crippen LogP contribution in [0.1, 0.15) is 51.0 Å². The van der Waals surface area contributed by atoms with Crippen molar-refractivity contribution in [3.63, 3.8) is 0 Å². The zero-order chi connectivity index (χ0) is 17.1. The fourth-order valence-electron chi connectivity index (χ4n) is 7.48. The van der Waals surface area contributed by atoms with Crippen molar-refractivity contribution in [3.05, 3.63) is 35.9 Å². The van der Waals surface area contributed by atoms with Crippen LogP contribution >= 0.6 is 0 Å². The van der Waals surface area contributed by atoms with Crippen LogP contribution in [0, 0.1) is 16.7 Å².